The Morgan fingerprint density at radius 1 is 0.971 bits per heavy atom. The van der Waals surface area contributed by atoms with Gasteiger partial charge in [-0.1, -0.05) is 54.2 Å². The Labute approximate surface area is 209 Å². The monoisotopic (exact) mass is 488 g/mol. The molecule has 1 aromatic heterocycles. The van der Waals surface area contributed by atoms with E-state index in [2.05, 4.69) is 15.5 Å². The van der Waals surface area contributed by atoms with Crippen molar-refractivity contribution in [1.82, 2.24) is 14.8 Å². The van der Waals surface area contributed by atoms with Crippen LogP contribution in [0.15, 0.2) is 78.0 Å². The number of benzene rings is 3. The van der Waals surface area contributed by atoms with Gasteiger partial charge >= 0.3 is 0 Å². The van der Waals surface area contributed by atoms with Crippen LogP contribution < -0.4 is 14.8 Å². The second kappa shape index (κ2) is 11.1. The van der Waals surface area contributed by atoms with Gasteiger partial charge in [-0.15, -0.1) is 10.2 Å². The maximum Gasteiger partial charge on any atom is 0.234 e. The highest BCUT2D eigenvalue weighted by molar-refractivity contribution is 7.99. The molecule has 4 rings (SSSR count). The Morgan fingerprint density at radius 2 is 1.69 bits per heavy atom. The molecular formula is C27H28N4O3S. The van der Waals surface area contributed by atoms with E-state index >= 15 is 0 Å². The molecule has 0 aliphatic rings. The van der Waals surface area contributed by atoms with Gasteiger partial charge in [0.05, 0.1) is 12.9 Å². The summed E-state index contributed by atoms with van der Waals surface area (Å²) in [7, 11) is 1.61. The third-order valence-corrected chi connectivity index (χ3v) is 6.55. The van der Waals surface area contributed by atoms with Crippen LogP contribution in [-0.4, -0.2) is 33.5 Å². The summed E-state index contributed by atoms with van der Waals surface area (Å²) in [4.78, 5) is 12.7. The van der Waals surface area contributed by atoms with E-state index in [0.29, 0.717) is 22.5 Å². The average molecular weight is 489 g/mol. The molecule has 35 heavy (non-hydrogen) atoms. The molecule has 3 aromatic carbocycles. The van der Waals surface area contributed by atoms with Crippen molar-refractivity contribution < 1.29 is 14.3 Å². The molecule has 0 saturated carbocycles. The molecule has 7 nitrogen and oxygen atoms in total. The van der Waals surface area contributed by atoms with Crippen LogP contribution in [-0.2, 0) is 4.79 Å². The first-order valence-corrected chi connectivity index (χ1v) is 12.3. The minimum Gasteiger partial charge on any atom is -0.493 e. The molecule has 1 atom stereocenters. The van der Waals surface area contributed by atoms with Crippen molar-refractivity contribution in [3.8, 4) is 17.2 Å². The number of amides is 1. The van der Waals surface area contributed by atoms with Crippen molar-refractivity contribution in [2.75, 3.05) is 18.2 Å². The first-order valence-electron chi connectivity index (χ1n) is 11.3. The lowest BCUT2D eigenvalue weighted by Gasteiger charge is -2.18. The molecule has 4 aromatic rings. The highest BCUT2D eigenvalue weighted by Crippen LogP contribution is 2.32. The molecular weight excluding hydrogens is 460 g/mol. The van der Waals surface area contributed by atoms with Crippen LogP contribution in [0.5, 0.6) is 11.5 Å². The van der Waals surface area contributed by atoms with Crippen LogP contribution in [0, 0.1) is 13.8 Å². The van der Waals surface area contributed by atoms with E-state index in [1.807, 2.05) is 98.1 Å². The number of aromatic nitrogens is 3. The number of carbonyl (C=O) groups is 1. The SMILES string of the molecule is COc1ccccc1OC(C)c1nnc(SCC(=O)Nc2cccc(C)c2C)n1-c1ccccc1. The van der Waals surface area contributed by atoms with Gasteiger partial charge in [-0.05, 0) is 62.2 Å². The third-order valence-electron chi connectivity index (χ3n) is 5.62. The lowest BCUT2D eigenvalue weighted by atomic mass is 10.1. The predicted molar refractivity (Wildman–Crippen MR) is 139 cm³/mol. The zero-order valence-electron chi connectivity index (χ0n) is 20.2. The molecule has 1 N–H and O–H groups in total. The fourth-order valence-electron chi connectivity index (χ4n) is 3.62. The van der Waals surface area contributed by atoms with Gasteiger partial charge in [0.2, 0.25) is 5.91 Å². The van der Waals surface area contributed by atoms with E-state index in [0.717, 1.165) is 22.5 Å². The minimum absolute atomic E-state index is 0.105. The number of ether oxygens (including phenoxy) is 2. The molecule has 180 valence electrons. The normalized spacial score (nSPS) is 11.7. The predicted octanol–water partition coefficient (Wildman–Crippen LogP) is 5.76. The number of nitrogens with zero attached hydrogens (tertiary/aromatic N) is 3. The summed E-state index contributed by atoms with van der Waals surface area (Å²) in [6.45, 7) is 5.94. The van der Waals surface area contributed by atoms with E-state index in [9.17, 15) is 4.79 Å². The Hall–Kier alpha value is -3.78. The maximum absolute atomic E-state index is 12.7. The minimum atomic E-state index is -0.419. The maximum atomic E-state index is 12.7. The van der Waals surface area contributed by atoms with Crippen LogP contribution in [0.3, 0.4) is 0 Å². The van der Waals surface area contributed by atoms with E-state index in [-0.39, 0.29) is 11.7 Å². The van der Waals surface area contributed by atoms with Crippen LogP contribution in [0.1, 0.15) is 30.0 Å². The van der Waals surface area contributed by atoms with Gasteiger partial charge < -0.3 is 14.8 Å². The summed E-state index contributed by atoms with van der Waals surface area (Å²) in [6, 6.07) is 23.2. The Bertz CT molecular complexity index is 1310. The van der Waals surface area contributed by atoms with E-state index < -0.39 is 6.10 Å². The van der Waals surface area contributed by atoms with Gasteiger partial charge in [0.25, 0.3) is 0 Å². The number of methoxy groups -OCH3 is 1. The summed E-state index contributed by atoms with van der Waals surface area (Å²) < 4.78 is 13.5. The fraction of sp³-hybridized carbons (Fsp3) is 0.222. The van der Waals surface area contributed by atoms with Crippen molar-refractivity contribution >= 4 is 23.4 Å². The largest absolute Gasteiger partial charge is 0.493 e. The number of anilines is 1. The smallest absolute Gasteiger partial charge is 0.234 e. The van der Waals surface area contributed by atoms with Gasteiger partial charge in [0.15, 0.2) is 28.6 Å². The molecule has 0 spiro atoms. The average Bonchev–Trinajstić information content (AvgIpc) is 3.30. The number of carbonyl (C=O) groups excluding carboxylic acids is 1. The van der Waals surface area contributed by atoms with Crippen LogP contribution >= 0.6 is 11.8 Å². The van der Waals surface area contributed by atoms with Gasteiger partial charge in [-0.2, -0.15) is 0 Å². The molecule has 1 amide bonds. The zero-order chi connectivity index (χ0) is 24.8. The summed E-state index contributed by atoms with van der Waals surface area (Å²) in [6.07, 6.45) is -0.419. The zero-order valence-corrected chi connectivity index (χ0v) is 21.0. The summed E-state index contributed by atoms with van der Waals surface area (Å²) in [5, 5.41) is 12.4. The molecule has 0 aliphatic heterocycles. The summed E-state index contributed by atoms with van der Waals surface area (Å²) in [5.74, 6) is 1.97. The van der Waals surface area contributed by atoms with Gasteiger partial charge in [0, 0.05) is 11.4 Å². The lowest BCUT2D eigenvalue weighted by Crippen LogP contribution is -2.16. The molecule has 1 heterocycles. The fourth-order valence-corrected chi connectivity index (χ4v) is 4.38. The molecule has 0 saturated heterocycles. The number of para-hydroxylation sites is 3. The molecule has 0 fully saturated rings. The van der Waals surface area contributed by atoms with E-state index in [1.165, 1.54) is 11.8 Å². The van der Waals surface area contributed by atoms with E-state index in [1.54, 1.807) is 7.11 Å². The van der Waals surface area contributed by atoms with Gasteiger partial charge in [0.1, 0.15) is 0 Å². The Balaban J connectivity index is 1.56. The van der Waals surface area contributed by atoms with E-state index in [4.69, 9.17) is 9.47 Å². The molecule has 8 heteroatoms. The molecule has 0 bridgehead atoms. The Morgan fingerprint density at radius 3 is 2.43 bits per heavy atom. The highest BCUT2D eigenvalue weighted by atomic mass is 32.2. The first-order chi connectivity index (χ1) is 17.0. The van der Waals surface area contributed by atoms with Crippen molar-refractivity contribution in [3.63, 3.8) is 0 Å². The Kier molecular flexibility index (Phi) is 7.72. The van der Waals surface area contributed by atoms with Crippen molar-refractivity contribution in [1.29, 1.82) is 0 Å². The first kappa shape index (κ1) is 24.3. The number of hydrogen-bond donors (Lipinski definition) is 1. The standard InChI is InChI=1S/C27H28N4O3S/c1-18-11-10-14-22(19(18)2)28-25(32)17-35-27-30-29-26(31(27)21-12-6-5-7-13-21)20(3)34-24-16-9-8-15-23(24)33-4/h5-16,20H,17H2,1-4H3,(H,28,32). The summed E-state index contributed by atoms with van der Waals surface area (Å²) >= 11 is 1.33. The number of aryl methyl sites for hydroxylation is 1. The topological polar surface area (TPSA) is 78.3 Å². The molecule has 0 radical (unpaired) electrons. The van der Waals surface area contributed by atoms with Crippen molar-refractivity contribution in [3.05, 3.63) is 89.7 Å². The number of nitrogens with one attached hydrogen (secondary N) is 1. The van der Waals surface area contributed by atoms with Crippen LogP contribution in [0.4, 0.5) is 5.69 Å². The lowest BCUT2D eigenvalue weighted by molar-refractivity contribution is -0.113. The molecule has 0 aliphatic carbocycles. The summed E-state index contributed by atoms with van der Waals surface area (Å²) in [5.41, 5.74) is 3.90. The van der Waals surface area contributed by atoms with Crippen molar-refractivity contribution in [2.45, 2.75) is 32.0 Å². The van der Waals surface area contributed by atoms with Gasteiger partial charge in [-0.3, -0.25) is 9.36 Å². The number of hydrogen-bond acceptors (Lipinski definition) is 6. The second-order valence-corrected chi connectivity index (χ2v) is 8.95. The van der Waals surface area contributed by atoms with Gasteiger partial charge in [-0.25, -0.2) is 0 Å². The third kappa shape index (κ3) is 5.66. The van der Waals surface area contributed by atoms with Crippen molar-refractivity contribution in [2.24, 2.45) is 0 Å². The van der Waals surface area contributed by atoms with Crippen LogP contribution in [0.2, 0.25) is 0 Å². The number of thioether (sulfide) groups is 1. The van der Waals surface area contributed by atoms with Crippen LogP contribution in [0.25, 0.3) is 5.69 Å². The number of rotatable bonds is 9. The second-order valence-electron chi connectivity index (χ2n) is 8.01. The quantitative estimate of drug-likeness (QED) is 0.302. The molecule has 1 unspecified atom stereocenters. The highest BCUT2D eigenvalue weighted by Gasteiger charge is 2.22.